The lowest BCUT2D eigenvalue weighted by molar-refractivity contribution is 0.148. The van der Waals surface area contributed by atoms with Crippen molar-refractivity contribution in [1.29, 1.82) is 0 Å². The number of rotatable bonds is 3. The summed E-state index contributed by atoms with van der Waals surface area (Å²) in [6, 6.07) is -0.0352. The molecule has 1 aliphatic rings. The normalized spacial score (nSPS) is 24.6. The van der Waals surface area contributed by atoms with Gasteiger partial charge in [0.1, 0.15) is 12.4 Å². The van der Waals surface area contributed by atoms with Gasteiger partial charge in [-0.05, 0) is 25.7 Å². The van der Waals surface area contributed by atoms with Crippen molar-refractivity contribution >= 4 is 0 Å². The lowest BCUT2D eigenvalue weighted by Crippen LogP contribution is -2.38. The van der Waals surface area contributed by atoms with E-state index in [0.29, 0.717) is 12.1 Å². The summed E-state index contributed by atoms with van der Waals surface area (Å²) in [6.45, 7) is 1.85. The topological polar surface area (TPSA) is 61.0 Å². The Morgan fingerprint density at radius 2 is 2.11 bits per heavy atom. The van der Waals surface area contributed by atoms with Gasteiger partial charge in [-0.2, -0.15) is 9.37 Å². The molecule has 1 heterocycles. The van der Waals surface area contributed by atoms with Crippen LogP contribution in [0.5, 0.6) is 5.88 Å². The minimum Gasteiger partial charge on any atom is -0.471 e. The van der Waals surface area contributed by atoms with Crippen LogP contribution in [-0.2, 0) is 6.42 Å². The second-order valence-electron chi connectivity index (χ2n) is 4.75. The summed E-state index contributed by atoms with van der Waals surface area (Å²) in [5.74, 6) is -0.402. The molecule has 1 aromatic heterocycles. The van der Waals surface area contributed by atoms with Crippen LogP contribution >= 0.6 is 0 Å². The lowest BCUT2D eigenvalue weighted by Gasteiger charge is -2.22. The molecule has 1 aromatic rings. The van der Waals surface area contributed by atoms with Crippen LogP contribution in [0.4, 0.5) is 4.39 Å². The van der Waals surface area contributed by atoms with Crippen molar-refractivity contribution in [3.05, 3.63) is 17.8 Å². The minimum absolute atomic E-state index is 0.0352. The van der Waals surface area contributed by atoms with Crippen molar-refractivity contribution in [1.82, 2.24) is 9.97 Å². The molecule has 2 atom stereocenters. The molecule has 5 heteroatoms. The number of nitrogens with zero attached hydrogens (tertiary/aromatic N) is 2. The molecular formula is C13H20FN3O. The van der Waals surface area contributed by atoms with Crippen LogP contribution in [0.1, 0.15) is 44.7 Å². The maximum Gasteiger partial charge on any atom is 0.254 e. The molecule has 0 aliphatic heterocycles. The number of halogens is 1. The third-order valence-corrected chi connectivity index (χ3v) is 3.43. The molecular weight excluding hydrogens is 233 g/mol. The Bertz CT molecular complexity index is 400. The molecule has 0 aromatic carbocycles. The van der Waals surface area contributed by atoms with Crippen LogP contribution in [0.15, 0.2) is 6.33 Å². The number of hydrogen-bond acceptors (Lipinski definition) is 4. The highest BCUT2D eigenvalue weighted by molar-refractivity contribution is 5.17. The fraction of sp³-hybridized carbons (Fsp3) is 0.692. The highest BCUT2D eigenvalue weighted by atomic mass is 19.1. The quantitative estimate of drug-likeness (QED) is 0.839. The number of ether oxygens (including phenoxy) is 1. The van der Waals surface area contributed by atoms with Crippen molar-refractivity contribution in [3.63, 3.8) is 0 Å². The van der Waals surface area contributed by atoms with Gasteiger partial charge in [-0.15, -0.1) is 0 Å². The number of aryl methyl sites for hydroxylation is 1. The van der Waals surface area contributed by atoms with Crippen molar-refractivity contribution < 1.29 is 9.13 Å². The van der Waals surface area contributed by atoms with E-state index in [4.69, 9.17) is 10.5 Å². The Labute approximate surface area is 107 Å². The van der Waals surface area contributed by atoms with E-state index in [1.807, 2.05) is 6.92 Å². The first-order chi connectivity index (χ1) is 8.72. The zero-order chi connectivity index (χ0) is 13.0. The molecule has 18 heavy (non-hydrogen) atoms. The van der Waals surface area contributed by atoms with Gasteiger partial charge in [0.15, 0.2) is 0 Å². The van der Waals surface area contributed by atoms with Crippen molar-refractivity contribution in [2.24, 2.45) is 5.73 Å². The van der Waals surface area contributed by atoms with Gasteiger partial charge in [0.05, 0.1) is 5.69 Å². The van der Waals surface area contributed by atoms with Crippen molar-refractivity contribution in [2.75, 3.05) is 0 Å². The first kappa shape index (κ1) is 13.2. The molecule has 0 radical (unpaired) electrons. The van der Waals surface area contributed by atoms with Crippen LogP contribution in [-0.4, -0.2) is 22.1 Å². The molecule has 0 amide bonds. The highest BCUT2D eigenvalue weighted by Crippen LogP contribution is 2.23. The molecule has 2 rings (SSSR count). The Kier molecular flexibility index (Phi) is 4.47. The fourth-order valence-corrected chi connectivity index (χ4v) is 2.31. The molecule has 0 saturated heterocycles. The summed E-state index contributed by atoms with van der Waals surface area (Å²) in [5, 5.41) is 0. The zero-order valence-corrected chi connectivity index (χ0v) is 10.7. The summed E-state index contributed by atoms with van der Waals surface area (Å²) in [7, 11) is 0. The molecule has 2 unspecified atom stereocenters. The monoisotopic (exact) mass is 253 g/mol. The van der Waals surface area contributed by atoms with E-state index in [2.05, 4.69) is 9.97 Å². The highest BCUT2D eigenvalue weighted by Gasteiger charge is 2.24. The number of aromatic nitrogens is 2. The predicted octanol–water partition coefficient (Wildman–Crippen LogP) is 2.22. The van der Waals surface area contributed by atoms with Gasteiger partial charge in [0.2, 0.25) is 5.82 Å². The molecule has 1 fully saturated rings. The van der Waals surface area contributed by atoms with Crippen molar-refractivity contribution in [2.45, 2.75) is 57.6 Å². The van der Waals surface area contributed by atoms with Crippen LogP contribution in [0.25, 0.3) is 0 Å². The standard InChI is InChI=1S/C13H20FN3O/c1-2-10-12(14)13(17-8-16-10)18-11-7-5-3-4-6-9(11)15/h8-9,11H,2-7,15H2,1H3. The molecule has 4 nitrogen and oxygen atoms in total. The molecule has 2 N–H and O–H groups in total. The number of nitrogens with two attached hydrogens (primary N) is 1. The molecule has 1 saturated carbocycles. The molecule has 100 valence electrons. The Balaban J connectivity index is 2.12. The third kappa shape index (κ3) is 2.96. The van der Waals surface area contributed by atoms with Crippen LogP contribution in [0, 0.1) is 5.82 Å². The van der Waals surface area contributed by atoms with E-state index in [9.17, 15) is 4.39 Å². The molecule has 0 spiro atoms. The van der Waals surface area contributed by atoms with Gasteiger partial charge in [-0.1, -0.05) is 19.8 Å². The maximum atomic E-state index is 14.0. The van der Waals surface area contributed by atoms with E-state index in [-0.39, 0.29) is 18.0 Å². The average molecular weight is 253 g/mol. The molecule has 1 aliphatic carbocycles. The molecule has 0 bridgehead atoms. The smallest absolute Gasteiger partial charge is 0.254 e. The SMILES string of the molecule is CCc1ncnc(OC2CCCCCC2N)c1F. The Hall–Kier alpha value is -1.23. The van der Waals surface area contributed by atoms with E-state index in [1.54, 1.807) is 0 Å². The summed E-state index contributed by atoms with van der Waals surface area (Å²) in [5.41, 5.74) is 6.45. The van der Waals surface area contributed by atoms with Gasteiger partial charge in [0, 0.05) is 6.04 Å². The fourth-order valence-electron chi connectivity index (χ4n) is 2.31. The predicted molar refractivity (Wildman–Crippen MR) is 66.8 cm³/mol. The van der Waals surface area contributed by atoms with E-state index < -0.39 is 5.82 Å². The van der Waals surface area contributed by atoms with Crippen LogP contribution < -0.4 is 10.5 Å². The van der Waals surface area contributed by atoms with Gasteiger partial charge < -0.3 is 10.5 Å². The average Bonchev–Trinajstić information content (AvgIpc) is 2.57. The van der Waals surface area contributed by atoms with Crippen molar-refractivity contribution in [3.8, 4) is 5.88 Å². The van der Waals surface area contributed by atoms with Gasteiger partial charge in [-0.3, -0.25) is 0 Å². The lowest BCUT2D eigenvalue weighted by atomic mass is 10.1. The van der Waals surface area contributed by atoms with E-state index in [0.717, 1.165) is 25.7 Å². The maximum absolute atomic E-state index is 14.0. The van der Waals surface area contributed by atoms with Gasteiger partial charge >= 0.3 is 0 Å². The summed E-state index contributed by atoms with van der Waals surface area (Å²) < 4.78 is 19.6. The van der Waals surface area contributed by atoms with Crippen LogP contribution in [0.3, 0.4) is 0 Å². The summed E-state index contributed by atoms with van der Waals surface area (Å²) in [6.07, 6.45) is 6.89. The summed E-state index contributed by atoms with van der Waals surface area (Å²) >= 11 is 0. The summed E-state index contributed by atoms with van der Waals surface area (Å²) in [4.78, 5) is 7.77. The first-order valence-electron chi connectivity index (χ1n) is 6.64. The van der Waals surface area contributed by atoms with Gasteiger partial charge in [-0.25, -0.2) is 4.98 Å². The Morgan fingerprint density at radius 1 is 1.33 bits per heavy atom. The second kappa shape index (κ2) is 6.09. The third-order valence-electron chi connectivity index (χ3n) is 3.43. The Morgan fingerprint density at radius 3 is 2.89 bits per heavy atom. The largest absolute Gasteiger partial charge is 0.471 e. The van der Waals surface area contributed by atoms with E-state index >= 15 is 0 Å². The van der Waals surface area contributed by atoms with Gasteiger partial charge in [0.25, 0.3) is 5.88 Å². The number of hydrogen-bond donors (Lipinski definition) is 1. The zero-order valence-electron chi connectivity index (χ0n) is 10.7. The second-order valence-corrected chi connectivity index (χ2v) is 4.75. The minimum atomic E-state index is -0.448. The first-order valence-corrected chi connectivity index (χ1v) is 6.64. The van der Waals surface area contributed by atoms with Crippen LogP contribution in [0.2, 0.25) is 0 Å². The van der Waals surface area contributed by atoms with E-state index in [1.165, 1.54) is 12.7 Å².